The van der Waals surface area contributed by atoms with Gasteiger partial charge in [0.1, 0.15) is 5.60 Å². The lowest BCUT2D eigenvalue weighted by Gasteiger charge is -2.30. The van der Waals surface area contributed by atoms with Crippen LogP contribution < -0.4 is 10.6 Å². The minimum Gasteiger partial charge on any atom is -0.444 e. The maximum absolute atomic E-state index is 12.0. The van der Waals surface area contributed by atoms with E-state index in [1.54, 1.807) is 4.31 Å². The number of nitrogens with zero attached hydrogens (tertiary/aromatic N) is 3. The number of guanidine groups is 1. The highest BCUT2D eigenvalue weighted by Crippen LogP contribution is 2.20. The first kappa shape index (κ1) is 27.2. The van der Waals surface area contributed by atoms with Gasteiger partial charge in [0.15, 0.2) is 5.96 Å². The van der Waals surface area contributed by atoms with Gasteiger partial charge in [0.2, 0.25) is 10.0 Å². The summed E-state index contributed by atoms with van der Waals surface area (Å²) in [4.78, 5) is 19.0. The predicted octanol–water partition coefficient (Wildman–Crippen LogP) is 1.84. The second-order valence-electron chi connectivity index (χ2n) is 8.88. The van der Waals surface area contributed by atoms with Crippen molar-refractivity contribution in [2.45, 2.75) is 58.6 Å². The summed E-state index contributed by atoms with van der Waals surface area (Å²) in [5, 5.41) is 6.27. The summed E-state index contributed by atoms with van der Waals surface area (Å²) in [7, 11) is -3.10. The lowest BCUT2D eigenvalue weighted by atomic mass is 9.98. The summed E-state index contributed by atoms with van der Waals surface area (Å²) in [6, 6.07) is 0.0340. The quantitative estimate of drug-likeness (QED) is 0.303. The average Bonchev–Trinajstić information content (AvgIpc) is 3.04. The van der Waals surface area contributed by atoms with Gasteiger partial charge in [-0.1, -0.05) is 0 Å². The van der Waals surface area contributed by atoms with E-state index < -0.39 is 15.6 Å². The van der Waals surface area contributed by atoms with E-state index in [9.17, 15) is 13.2 Å². The minimum absolute atomic E-state index is 0. The van der Waals surface area contributed by atoms with Gasteiger partial charge in [0.25, 0.3) is 0 Å². The van der Waals surface area contributed by atoms with Gasteiger partial charge in [0.05, 0.1) is 12.3 Å². The molecule has 1 amide bonds. The van der Waals surface area contributed by atoms with Crippen molar-refractivity contribution in [1.82, 2.24) is 19.8 Å². The van der Waals surface area contributed by atoms with Gasteiger partial charge in [-0.15, -0.1) is 24.0 Å². The van der Waals surface area contributed by atoms with Crippen LogP contribution in [0, 0.1) is 5.92 Å². The van der Waals surface area contributed by atoms with Crippen molar-refractivity contribution in [2.75, 3.05) is 45.5 Å². The molecule has 2 heterocycles. The molecular formula is C19H38IN5O4S. The molecule has 1 atom stereocenters. The van der Waals surface area contributed by atoms with Crippen molar-refractivity contribution in [3.05, 3.63) is 0 Å². The van der Waals surface area contributed by atoms with Crippen LogP contribution in [-0.2, 0) is 14.8 Å². The summed E-state index contributed by atoms with van der Waals surface area (Å²) in [6.45, 7) is 11.7. The number of carbonyl (C=O) groups is 1. The highest BCUT2D eigenvalue weighted by atomic mass is 127. The first-order valence-corrected chi connectivity index (χ1v) is 12.3. The van der Waals surface area contributed by atoms with E-state index in [2.05, 4.69) is 15.5 Å². The van der Waals surface area contributed by atoms with E-state index in [4.69, 9.17) is 9.73 Å². The second kappa shape index (κ2) is 11.7. The molecule has 2 aliphatic heterocycles. The Morgan fingerprint density at radius 2 is 1.80 bits per heavy atom. The van der Waals surface area contributed by atoms with Crippen molar-refractivity contribution >= 4 is 46.1 Å². The molecule has 0 aromatic heterocycles. The van der Waals surface area contributed by atoms with E-state index in [1.165, 1.54) is 6.26 Å². The van der Waals surface area contributed by atoms with Crippen molar-refractivity contribution in [3.8, 4) is 0 Å². The predicted molar refractivity (Wildman–Crippen MR) is 130 cm³/mol. The zero-order valence-corrected chi connectivity index (χ0v) is 22.0. The van der Waals surface area contributed by atoms with Gasteiger partial charge < -0.3 is 20.3 Å². The topological polar surface area (TPSA) is 103 Å². The van der Waals surface area contributed by atoms with E-state index in [0.717, 1.165) is 38.3 Å². The molecule has 2 rings (SSSR count). The molecule has 0 aromatic carbocycles. The highest BCUT2D eigenvalue weighted by molar-refractivity contribution is 14.0. The third-order valence-electron chi connectivity index (χ3n) is 5.09. The van der Waals surface area contributed by atoms with E-state index in [0.29, 0.717) is 32.1 Å². The molecule has 0 saturated carbocycles. The van der Waals surface area contributed by atoms with Crippen LogP contribution in [0.1, 0.15) is 47.0 Å². The van der Waals surface area contributed by atoms with Crippen LogP contribution in [-0.4, -0.2) is 86.8 Å². The zero-order chi connectivity index (χ0) is 21.7. The Morgan fingerprint density at radius 3 is 2.33 bits per heavy atom. The lowest BCUT2D eigenvalue weighted by molar-refractivity contribution is 0.0507. The SMILES string of the molecule is CCNC(=NCC1CCN(S(C)(=O)=O)CC1)N1CCC(NC(=O)OC(C)(C)C)C1.I. The first-order valence-electron chi connectivity index (χ1n) is 10.5. The Hall–Kier alpha value is -0.820. The third-order valence-corrected chi connectivity index (χ3v) is 6.39. The summed E-state index contributed by atoms with van der Waals surface area (Å²) in [5.74, 6) is 1.24. The molecule has 11 heteroatoms. The van der Waals surface area contributed by atoms with Crippen LogP contribution >= 0.6 is 24.0 Å². The highest BCUT2D eigenvalue weighted by Gasteiger charge is 2.29. The summed E-state index contributed by atoms with van der Waals surface area (Å²) in [5.41, 5.74) is -0.508. The molecular weight excluding hydrogens is 521 g/mol. The normalized spacial score (nSPS) is 21.8. The summed E-state index contributed by atoms with van der Waals surface area (Å²) >= 11 is 0. The fourth-order valence-corrected chi connectivity index (χ4v) is 4.48. The van der Waals surface area contributed by atoms with Crippen LogP contribution in [0.15, 0.2) is 4.99 Å². The second-order valence-corrected chi connectivity index (χ2v) is 10.9. The molecule has 2 fully saturated rings. The molecule has 30 heavy (non-hydrogen) atoms. The molecule has 0 radical (unpaired) electrons. The average molecular weight is 560 g/mol. The van der Waals surface area contributed by atoms with Gasteiger partial charge >= 0.3 is 6.09 Å². The number of amides is 1. The standard InChI is InChI=1S/C19H37N5O4S.HI/c1-6-20-17(21-13-15-7-11-24(12-8-15)29(5,26)27)23-10-9-16(14-23)22-18(25)28-19(2,3)4;/h15-16H,6-14H2,1-5H3,(H,20,21)(H,22,25);1H. The number of aliphatic imine (C=N–C) groups is 1. The number of ether oxygens (including phenoxy) is 1. The third kappa shape index (κ3) is 9.13. The van der Waals surface area contributed by atoms with Gasteiger partial charge in [-0.05, 0) is 52.9 Å². The minimum atomic E-state index is -3.10. The molecule has 1 unspecified atom stereocenters. The number of halogens is 1. The van der Waals surface area contributed by atoms with Gasteiger partial charge in [-0.3, -0.25) is 4.99 Å². The first-order chi connectivity index (χ1) is 13.5. The van der Waals surface area contributed by atoms with E-state index in [-0.39, 0.29) is 36.1 Å². The largest absolute Gasteiger partial charge is 0.444 e. The Labute approximate surface area is 198 Å². The zero-order valence-electron chi connectivity index (χ0n) is 18.8. The molecule has 2 aliphatic rings. The van der Waals surface area contributed by atoms with Gasteiger partial charge in [-0.25, -0.2) is 17.5 Å². The summed E-state index contributed by atoms with van der Waals surface area (Å²) < 4.78 is 30.2. The number of likely N-dealkylation sites (tertiary alicyclic amines) is 1. The Morgan fingerprint density at radius 1 is 1.17 bits per heavy atom. The van der Waals surface area contributed by atoms with Crippen LogP contribution in [0.2, 0.25) is 0 Å². The number of sulfonamides is 1. The number of hydrogen-bond donors (Lipinski definition) is 2. The van der Waals surface area contributed by atoms with E-state index >= 15 is 0 Å². The smallest absolute Gasteiger partial charge is 0.407 e. The number of hydrogen-bond acceptors (Lipinski definition) is 5. The van der Waals surface area contributed by atoms with Crippen LogP contribution in [0.4, 0.5) is 4.79 Å². The molecule has 9 nitrogen and oxygen atoms in total. The van der Waals surface area contributed by atoms with Gasteiger partial charge in [-0.2, -0.15) is 0 Å². The Kier molecular flexibility index (Phi) is 10.6. The van der Waals surface area contributed by atoms with Crippen LogP contribution in [0.5, 0.6) is 0 Å². The molecule has 2 N–H and O–H groups in total. The van der Waals surface area contributed by atoms with Crippen molar-refractivity contribution in [1.29, 1.82) is 0 Å². The Bertz CT molecular complexity index is 688. The monoisotopic (exact) mass is 559 g/mol. The number of carbonyl (C=O) groups excluding carboxylic acids is 1. The molecule has 0 aliphatic carbocycles. The number of piperidine rings is 1. The maximum Gasteiger partial charge on any atom is 0.407 e. The Balaban J connectivity index is 0.00000450. The fraction of sp³-hybridized carbons (Fsp3) is 0.895. The molecule has 176 valence electrons. The maximum atomic E-state index is 12.0. The molecule has 0 aromatic rings. The van der Waals surface area contributed by atoms with Crippen molar-refractivity contribution in [3.63, 3.8) is 0 Å². The number of nitrogens with one attached hydrogen (secondary N) is 2. The van der Waals surface area contributed by atoms with Crippen LogP contribution in [0.3, 0.4) is 0 Å². The number of alkyl carbamates (subject to hydrolysis) is 1. The lowest BCUT2D eigenvalue weighted by Crippen LogP contribution is -2.44. The summed E-state index contributed by atoms with van der Waals surface area (Å²) in [6.07, 6.45) is 3.39. The van der Waals surface area contributed by atoms with Crippen LogP contribution in [0.25, 0.3) is 0 Å². The number of rotatable bonds is 5. The van der Waals surface area contributed by atoms with E-state index in [1.807, 2.05) is 27.7 Å². The fourth-order valence-electron chi connectivity index (χ4n) is 3.61. The molecule has 2 saturated heterocycles. The van der Waals surface area contributed by atoms with Crippen molar-refractivity contribution < 1.29 is 17.9 Å². The molecule has 0 spiro atoms. The molecule has 0 bridgehead atoms. The van der Waals surface area contributed by atoms with Crippen molar-refractivity contribution in [2.24, 2.45) is 10.9 Å². The van der Waals surface area contributed by atoms with Gasteiger partial charge in [0, 0.05) is 39.3 Å².